The van der Waals surface area contributed by atoms with Crippen LogP contribution in [-0.4, -0.2) is 21.3 Å². The van der Waals surface area contributed by atoms with Crippen LogP contribution in [0.25, 0.3) is 11.0 Å². The van der Waals surface area contributed by atoms with Crippen LogP contribution in [0.5, 0.6) is 0 Å². The van der Waals surface area contributed by atoms with E-state index in [1.54, 1.807) is 0 Å². The molecule has 1 fully saturated rings. The molecule has 0 bridgehead atoms. The lowest BCUT2D eigenvalue weighted by molar-refractivity contribution is 0.284. The molecule has 0 amide bonds. The fourth-order valence-electron chi connectivity index (χ4n) is 3.25. The summed E-state index contributed by atoms with van der Waals surface area (Å²) in [6.45, 7) is 0.244. The summed E-state index contributed by atoms with van der Waals surface area (Å²) in [5.74, 6) is 1.15. The maximum absolute atomic E-state index is 9.07. The minimum atomic E-state index is 0.244. The molecule has 1 heterocycles. The van der Waals surface area contributed by atoms with E-state index in [1.807, 2.05) is 0 Å². The van der Waals surface area contributed by atoms with Gasteiger partial charge in [0.1, 0.15) is 5.82 Å². The number of aliphatic hydroxyl groups is 1. The molecular weight excluding hydrogens is 236 g/mol. The topological polar surface area (TPSA) is 38.1 Å². The van der Waals surface area contributed by atoms with Gasteiger partial charge in [0.05, 0.1) is 11.0 Å². The molecule has 0 atom stereocenters. The molecule has 19 heavy (non-hydrogen) atoms. The molecule has 1 aliphatic carbocycles. The Bertz CT molecular complexity index is 541. The van der Waals surface area contributed by atoms with Gasteiger partial charge in [0.25, 0.3) is 0 Å². The third-order valence-corrected chi connectivity index (χ3v) is 4.17. The van der Waals surface area contributed by atoms with Crippen LogP contribution in [0.15, 0.2) is 24.3 Å². The third kappa shape index (κ3) is 2.52. The molecule has 3 heteroatoms. The molecule has 3 nitrogen and oxygen atoms in total. The second-order valence-electron chi connectivity index (χ2n) is 5.51. The van der Waals surface area contributed by atoms with Crippen molar-refractivity contribution in [1.29, 1.82) is 0 Å². The van der Waals surface area contributed by atoms with Gasteiger partial charge in [-0.1, -0.05) is 31.4 Å². The molecule has 1 aromatic carbocycles. The molecule has 0 saturated heterocycles. The van der Waals surface area contributed by atoms with Crippen molar-refractivity contribution in [2.24, 2.45) is 0 Å². The lowest BCUT2D eigenvalue weighted by Crippen LogP contribution is -2.15. The van der Waals surface area contributed by atoms with Crippen molar-refractivity contribution in [1.82, 2.24) is 9.55 Å². The number of benzene rings is 1. The number of aryl methyl sites for hydroxylation is 1. The maximum Gasteiger partial charge on any atom is 0.110 e. The third-order valence-electron chi connectivity index (χ3n) is 4.17. The highest BCUT2D eigenvalue weighted by atomic mass is 16.2. The van der Waals surface area contributed by atoms with Crippen molar-refractivity contribution >= 4 is 11.0 Å². The number of aliphatic hydroxyl groups excluding tert-OH is 1. The van der Waals surface area contributed by atoms with Crippen molar-refractivity contribution in [2.75, 3.05) is 6.61 Å². The summed E-state index contributed by atoms with van der Waals surface area (Å²) in [6.07, 6.45) is 8.25. The SMILES string of the molecule is OCCCc1nc2ccccc2n1C1CCCCC1. The summed E-state index contributed by atoms with van der Waals surface area (Å²) < 4.78 is 2.45. The van der Waals surface area contributed by atoms with Gasteiger partial charge in [0, 0.05) is 19.1 Å². The molecule has 1 N–H and O–H groups in total. The van der Waals surface area contributed by atoms with Crippen LogP contribution in [0.3, 0.4) is 0 Å². The van der Waals surface area contributed by atoms with Gasteiger partial charge in [-0.25, -0.2) is 4.98 Å². The number of aromatic nitrogens is 2. The van der Waals surface area contributed by atoms with Gasteiger partial charge in [-0.2, -0.15) is 0 Å². The molecule has 102 valence electrons. The predicted molar refractivity (Wildman–Crippen MR) is 77.3 cm³/mol. The van der Waals surface area contributed by atoms with E-state index in [0.29, 0.717) is 6.04 Å². The Morgan fingerprint density at radius 1 is 1.16 bits per heavy atom. The van der Waals surface area contributed by atoms with Gasteiger partial charge in [-0.3, -0.25) is 0 Å². The number of para-hydroxylation sites is 2. The van der Waals surface area contributed by atoms with Crippen molar-refractivity contribution in [3.05, 3.63) is 30.1 Å². The van der Waals surface area contributed by atoms with Crippen LogP contribution >= 0.6 is 0 Å². The zero-order chi connectivity index (χ0) is 13.1. The van der Waals surface area contributed by atoms with Crippen LogP contribution in [0.4, 0.5) is 0 Å². The molecule has 0 spiro atoms. The average Bonchev–Trinajstić information content (AvgIpc) is 2.84. The Labute approximate surface area is 114 Å². The fraction of sp³-hybridized carbons (Fsp3) is 0.562. The van der Waals surface area contributed by atoms with Crippen molar-refractivity contribution in [2.45, 2.75) is 51.0 Å². The minimum absolute atomic E-state index is 0.244. The maximum atomic E-state index is 9.07. The number of rotatable bonds is 4. The van der Waals surface area contributed by atoms with Gasteiger partial charge in [-0.05, 0) is 31.4 Å². The van der Waals surface area contributed by atoms with Crippen molar-refractivity contribution in [3.63, 3.8) is 0 Å². The average molecular weight is 258 g/mol. The molecular formula is C16H22N2O. The molecule has 0 aliphatic heterocycles. The Kier molecular flexibility index (Phi) is 3.83. The minimum Gasteiger partial charge on any atom is -0.396 e. The Morgan fingerprint density at radius 2 is 1.95 bits per heavy atom. The first-order chi connectivity index (χ1) is 9.40. The van der Waals surface area contributed by atoms with E-state index in [-0.39, 0.29) is 6.61 Å². The summed E-state index contributed by atoms with van der Waals surface area (Å²) >= 11 is 0. The van der Waals surface area contributed by atoms with Crippen LogP contribution in [0.1, 0.15) is 50.4 Å². The summed E-state index contributed by atoms with van der Waals surface area (Å²) in [7, 11) is 0. The van der Waals surface area contributed by atoms with E-state index in [2.05, 4.69) is 28.8 Å². The summed E-state index contributed by atoms with van der Waals surface area (Å²) in [4.78, 5) is 4.78. The van der Waals surface area contributed by atoms with E-state index in [9.17, 15) is 0 Å². The van der Waals surface area contributed by atoms with E-state index in [0.717, 1.165) is 24.2 Å². The van der Waals surface area contributed by atoms with Gasteiger partial charge in [-0.15, -0.1) is 0 Å². The lowest BCUT2D eigenvalue weighted by Gasteiger charge is -2.25. The number of fused-ring (bicyclic) bond motifs is 1. The molecule has 1 aliphatic rings. The predicted octanol–water partition coefficient (Wildman–Crippen LogP) is 3.47. The number of hydrogen-bond acceptors (Lipinski definition) is 2. The second-order valence-corrected chi connectivity index (χ2v) is 5.51. The summed E-state index contributed by atoms with van der Waals surface area (Å²) in [5.41, 5.74) is 2.36. The largest absolute Gasteiger partial charge is 0.396 e. The molecule has 3 rings (SSSR count). The zero-order valence-electron chi connectivity index (χ0n) is 11.4. The lowest BCUT2D eigenvalue weighted by atomic mass is 9.95. The zero-order valence-corrected chi connectivity index (χ0v) is 11.4. The second kappa shape index (κ2) is 5.74. The van der Waals surface area contributed by atoms with Crippen LogP contribution in [0, 0.1) is 0 Å². The van der Waals surface area contributed by atoms with Crippen LogP contribution < -0.4 is 0 Å². The fourth-order valence-corrected chi connectivity index (χ4v) is 3.25. The number of hydrogen-bond donors (Lipinski definition) is 1. The van der Waals surface area contributed by atoms with Crippen molar-refractivity contribution in [3.8, 4) is 0 Å². The van der Waals surface area contributed by atoms with Gasteiger partial charge >= 0.3 is 0 Å². The Balaban J connectivity index is 2.01. The number of nitrogens with zero attached hydrogens (tertiary/aromatic N) is 2. The van der Waals surface area contributed by atoms with E-state index in [1.165, 1.54) is 37.6 Å². The normalized spacial score (nSPS) is 17.1. The Morgan fingerprint density at radius 3 is 2.74 bits per heavy atom. The van der Waals surface area contributed by atoms with E-state index < -0.39 is 0 Å². The molecule has 1 aromatic heterocycles. The summed E-state index contributed by atoms with van der Waals surface area (Å²) in [6, 6.07) is 9.03. The molecule has 2 aromatic rings. The quantitative estimate of drug-likeness (QED) is 0.912. The molecule has 1 saturated carbocycles. The van der Waals surface area contributed by atoms with E-state index in [4.69, 9.17) is 10.1 Å². The highest BCUT2D eigenvalue weighted by molar-refractivity contribution is 5.76. The standard InChI is InChI=1S/C16H22N2O/c19-12-6-11-16-17-14-9-4-5-10-15(14)18(16)13-7-2-1-3-8-13/h4-5,9-10,13,19H,1-3,6-8,11-12H2. The highest BCUT2D eigenvalue weighted by Crippen LogP contribution is 2.32. The van der Waals surface area contributed by atoms with Gasteiger partial charge < -0.3 is 9.67 Å². The molecule has 0 unspecified atom stereocenters. The smallest absolute Gasteiger partial charge is 0.110 e. The number of imidazole rings is 1. The van der Waals surface area contributed by atoms with Gasteiger partial charge in [0.15, 0.2) is 0 Å². The van der Waals surface area contributed by atoms with Crippen LogP contribution in [-0.2, 0) is 6.42 Å². The highest BCUT2D eigenvalue weighted by Gasteiger charge is 2.20. The van der Waals surface area contributed by atoms with Gasteiger partial charge in [0.2, 0.25) is 0 Å². The first-order valence-corrected chi connectivity index (χ1v) is 7.47. The van der Waals surface area contributed by atoms with E-state index >= 15 is 0 Å². The Hall–Kier alpha value is -1.35. The first kappa shape index (κ1) is 12.7. The first-order valence-electron chi connectivity index (χ1n) is 7.47. The van der Waals surface area contributed by atoms with Crippen molar-refractivity contribution < 1.29 is 5.11 Å². The summed E-state index contributed by atoms with van der Waals surface area (Å²) in [5, 5.41) is 9.07. The molecule has 0 radical (unpaired) electrons. The van der Waals surface area contributed by atoms with Crippen LogP contribution in [0.2, 0.25) is 0 Å². The monoisotopic (exact) mass is 258 g/mol.